The largest absolute Gasteiger partial charge is 0.478 e. The summed E-state index contributed by atoms with van der Waals surface area (Å²) in [5.74, 6) is -9.21. The van der Waals surface area contributed by atoms with E-state index in [0.717, 1.165) is 18.2 Å². The first kappa shape index (κ1) is 35.9. The number of fused-ring (bicyclic) bond motifs is 1. The highest BCUT2D eigenvalue weighted by molar-refractivity contribution is 6.18. The normalized spacial score (nSPS) is 10.8. The predicted molar refractivity (Wildman–Crippen MR) is 192 cm³/mol. The summed E-state index contributed by atoms with van der Waals surface area (Å²) in [6.07, 6.45) is 0. The smallest absolute Gasteiger partial charge is 0.336 e. The monoisotopic (exact) mass is 724 g/mol. The van der Waals surface area contributed by atoms with Gasteiger partial charge in [0.05, 0.1) is 33.4 Å². The molecule has 13 heteroatoms. The Bertz CT molecular complexity index is 2640. The zero-order valence-electron chi connectivity index (χ0n) is 27.4. The van der Waals surface area contributed by atoms with E-state index in [1.54, 1.807) is 0 Å². The average molecular weight is 725 g/mol. The maximum absolute atomic E-state index is 14.1. The summed E-state index contributed by atoms with van der Waals surface area (Å²) in [6.45, 7) is 0. The van der Waals surface area contributed by atoms with Gasteiger partial charge >= 0.3 is 35.8 Å². The lowest BCUT2D eigenvalue weighted by Gasteiger charge is -2.22. The second-order valence-electron chi connectivity index (χ2n) is 11.9. The first-order valence-electron chi connectivity index (χ1n) is 15.7. The van der Waals surface area contributed by atoms with Crippen molar-refractivity contribution in [3.05, 3.63) is 154 Å². The van der Waals surface area contributed by atoms with E-state index in [1.165, 1.54) is 91.0 Å². The van der Waals surface area contributed by atoms with Gasteiger partial charge < -0.3 is 30.6 Å². The molecule has 0 fully saturated rings. The maximum atomic E-state index is 14.1. The zero-order chi connectivity index (χ0) is 39.0. The van der Waals surface area contributed by atoms with Crippen LogP contribution in [-0.4, -0.2) is 72.2 Å². The van der Waals surface area contributed by atoms with Crippen LogP contribution in [0, 0.1) is 0 Å². The van der Waals surface area contributed by atoms with Crippen molar-refractivity contribution in [3.63, 3.8) is 0 Å². The first-order valence-corrected chi connectivity index (χ1v) is 15.7. The van der Waals surface area contributed by atoms with Crippen LogP contribution < -0.4 is 0 Å². The summed E-state index contributed by atoms with van der Waals surface area (Å²) >= 11 is 0. The van der Waals surface area contributed by atoms with Crippen LogP contribution in [0.25, 0.3) is 44.2 Å². The molecule has 0 aliphatic heterocycles. The third kappa shape index (κ3) is 6.51. The highest BCUT2D eigenvalue weighted by atomic mass is 16.4. The Morgan fingerprint density at radius 2 is 0.889 bits per heavy atom. The van der Waals surface area contributed by atoms with Gasteiger partial charge in [-0.15, -0.1) is 0 Å². The number of rotatable bonds is 11. The van der Waals surface area contributed by atoms with Crippen molar-refractivity contribution in [3.8, 4) is 33.4 Å². The summed E-state index contributed by atoms with van der Waals surface area (Å²) < 4.78 is 0. The van der Waals surface area contributed by atoms with E-state index in [1.807, 2.05) is 0 Å². The van der Waals surface area contributed by atoms with Gasteiger partial charge in [-0.3, -0.25) is 4.79 Å². The van der Waals surface area contributed by atoms with Crippen molar-refractivity contribution in [1.29, 1.82) is 0 Å². The number of hydrogen-bond acceptors (Lipinski definition) is 7. The van der Waals surface area contributed by atoms with Crippen LogP contribution in [0.2, 0.25) is 0 Å². The molecule has 6 rings (SSSR count). The number of carbonyl (C=O) groups is 7. The number of ketones is 1. The van der Waals surface area contributed by atoms with Crippen molar-refractivity contribution < 1.29 is 64.2 Å². The molecule has 0 unspecified atom stereocenters. The van der Waals surface area contributed by atoms with Gasteiger partial charge in [-0.2, -0.15) is 0 Å². The number of benzene rings is 6. The standard InChI is InChI=1S/C41H24O13/c42-35(19-5-7-20(8-6-19)36(43)44)28-12-11-23(38(47)48)17-31(28)27-14-13-26(25-3-1-2-4-29(25)40(51)52)34(41(53)54)33(27)32-18-24(39(49)50)15-21-9-10-22(37(45)46)16-30(21)32/h1-18H,(H,43,44)(H,45,46)(H,47,48)(H,49,50)(H,51,52)(H,53,54). The molecule has 6 N–H and O–H groups in total. The molecular weight excluding hydrogens is 700 g/mol. The summed E-state index contributed by atoms with van der Waals surface area (Å²) in [7, 11) is 0. The lowest BCUT2D eigenvalue weighted by atomic mass is 9.80. The van der Waals surface area contributed by atoms with Crippen molar-refractivity contribution >= 4 is 52.4 Å². The fraction of sp³-hybridized carbons (Fsp3) is 0. The molecule has 0 atom stereocenters. The summed E-state index contributed by atoms with van der Waals surface area (Å²) in [5.41, 5.74) is -2.93. The van der Waals surface area contributed by atoms with Gasteiger partial charge in [0, 0.05) is 16.7 Å². The Kier molecular flexibility index (Phi) is 9.30. The average Bonchev–Trinajstić information content (AvgIpc) is 3.15. The zero-order valence-corrected chi connectivity index (χ0v) is 27.4. The van der Waals surface area contributed by atoms with Crippen LogP contribution in [-0.2, 0) is 0 Å². The lowest BCUT2D eigenvalue weighted by molar-refractivity contribution is 0.0684. The van der Waals surface area contributed by atoms with Gasteiger partial charge in [0.2, 0.25) is 0 Å². The summed E-state index contributed by atoms with van der Waals surface area (Å²) in [6, 6.07) is 22.6. The third-order valence-corrected chi connectivity index (χ3v) is 8.78. The van der Waals surface area contributed by atoms with Crippen molar-refractivity contribution in [2.75, 3.05) is 0 Å². The molecule has 0 spiro atoms. The van der Waals surface area contributed by atoms with Gasteiger partial charge in [-0.1, -0.05) is 48.5 Å². The first-order chi connectivity index (χ1) is 25.7. The van der Waals surface area contributed by atoms with E-state index in [9.17, 15) is 64.2 Å². The fourth-order valence-electron chi connectivity index (χ4n) is 6.30. The van der Waals surface area contributed by atoms with E-state index in [-0.39, 0.29) is 83.1 Å². The van der Waals surface area contributed by atoms with Gasteiger partial charge in [-0.25, -0.2) is 28.8 Å². The molecule has 0 aromatic heterocycles. The third-order valence-electron chi connectivity index (χ3n) is 8.78. The van der Waals surface area contributed by atoms with Crippen LogP contribution in [0.4, 0.5) is 0 Å². The Morgan fingerprint density at radius 1 is 0.352 bits per heavy atom. The van der Waals surface area contributed by atoms with Crippen molar-refractivity contribution in [1.82, 2.24) is 0 Å². The van der Waals surface area contributed by atoms with Crippen LogP contribution in [0.1, 0.15) is 78.1 Å². The SMILES string of the molecule is O=C(O)c1ccc(C(=O)c2ccc(C(=O)O)cc2-c2ccc(-c3ccccc3C(=O)O)c(C(=O)O)c2-c2cc(C(=O)O)cc3ccc(C(=O)O)cc23)cc1. The summed E-state index contributed by atoms with van der Waals surface area (Å²) in [5, 5.41) is 60.6. The minimum atomic E-state index is -1.63. The maximum Gasteiger partial charge on any atom is 0.336 e. The topological polar surface area (TPSA) is 241 Å². The molecular formula is C41H24O13. The van der Waals surface area contributed by atoms with Gasteiger partial charge in [0.15, 0.2) is 5.78 Å². The quantitative estimate of drug-likeness (QED) is 0.0722. The van der Waals surface area contributed by atoms with Crippen molar-refractivity contribution in [2.45, 2.75) is 0 Å². The number of carboxylic acid groups (broad SMARTS) is 6. The van der Waals surface area contributed by atoms with Gasteiger partial charge in [0.25, 0.3) is 0 Å². The van der Waals surface area contributed by atoms with Crippen LogP contribution >= 0.6 is 0 Å². The van der Waals surface area contributed by atoms with Gasteiger partial charge in [-0.05, 0) is 99.3 Å². The fourth-order valence-corrected chi connectivity index (χ4v) is 6.30. The second-order valence-corrected chi connectivity index (χ2v) is 11.9. The molecule has 0 radical (unpaired) electrons. The molecule has 266 valence electrons. The highest BCUT2D eigenvalue weighted by Gasteiger charge is 2.29. The predicted octanol–water partition coefficient (Wildman–Crippen LogP) is 7.26. The molecule has 54 heavy (non-hydrogen) atoms. The molecule has 0 heterocycles. The molecule has 0 aliphatic carbocycles. The molecule has 6 aromatic rings. The van der Waals surface area contributed by atoms with E-state index in [0.29, 0.717) is 0 Å². The Labute approximate surface area is 303 Å². The molecule has 6 aromatic carbocycles. The van der Waals surface area contributed by atoms with E-state index < -0.39 is 47.2 Å². The Hall–Kier alpha value is -7.93. The minimum absolute atomic E-state index is 0.0132. The molecule has 13 nitrogen and oxygen atoms in total. The molecule has 0 saturated heterocycles. The van der Waals surface area contributed by atoms with E-state index in [4.69, 9.17) is 0 Å². The molecule has 0 aliphatic rings. The summed E-state index contributed by atoms with van der Waals surface area (Å²) in [4.78, 5) is 88.3. The molecule has 0 bridgehead atoms. The van der Waals surface area contributed by atoms with Crippen LogP contribution in [0.3, 0.4) is 0 Å². The van der Waals surface area contributed by atoms with Crippen LogP contribution in [0.15, 0.2) is 109 Å². The number of carbonyl (C=O) groups excluding carboxylic acids is 1. The number of hydrogen-bond donors (Lipinski definition) is 6. The van der Waals surface area contributed by atoms with Gasteiger partial charge in [0.1, 0.15) is 0 Å². The second kappa shape index (κ2) is 14.0. The van der Waals surface area contributed by atoms with E-state index in [2.05, 4.69) is 0 Å². The van der Waals surface area contributed by atoms with Crippen molar-refractivity contribution in [2.24, 2.45) is 0 Å². The highest BCUT2D eigenvalue weighted by Crippen LogP contribution is 2.45. The van der Waals surface area contributed by atoms with Crippen LogP contribution in [0.5, 0.6) is 0 Å². The Morgan fingerprint density at radius 3 is 1.50 bits per heavy atom. The lowest BCUT2D eigenvalue weighted by Crippen LogP contribution is -2.10. The number of carboxylic acids is 6. The molecule has 0 amide bonds. The van der Waals surface area contributed by atoms with E-state index >= 15 is 0 Å². The minimum Gasteiger partial charge on any atom is -0.478 e. The number of aromatic carboxylic acids is 6. The molecule has 0 saturated carbocycles. The Balaban J connectivity index is 1.82.